The molecule has 0 bridgehead atoms. The Balaban J connectivity index is 1.40. The third-order valence-electron chi connectivity index (χ3n) is 8.10. The zero-order valence-corrected chi connectivity index (χ0v) is 23.4. The summed E-state index contributed by atoms with van der Waals surface area (Å²) in [6.45, 7) is 7.30. The van der Waals surface area contributed by atoms with Crippen LogP contribution < -0.4 is 10.4 Å². The minimum Gasteiger partial charge on any atom is -0.427 e. The highest BCUT2D eigenvalue weighted by Gasteiger charge is 2.35. The highest BCUT2D eigenvalue weighted by Crippen LogP contribution is 2.38. The molecule has 0 unspecified atom stereocenters. The van der Waals surface area contributed by atoms with Crippen molar-refractivity contribution in [3.8, 4) is 0 Å². The summed E-state index contributed by atoms with van der Waals surface area (Å²) < 4.78 is 5.97. The molecule has 6 rings (SSSR count). The Labute approximate surface area is 236 Å². The van der Waals surface area contributed by atoms with Crippen LogP contribution in [0.1, 0.15) is 27.7 Å². The number of benzene rings is 6. The molecule has 40 heavy (non-hydrogen) atoms. The summed E-state index contributed by atoms with van der Waals surface area (Å²) in [5, 5.41) is 18.0. The molecule has 4 heteroatoms. The predicted octanol–water partition coefficient (Wildman–Crippen LogP) is 8.43. The lowest BCUT2D eigenvalue weighted by atomic mass is 9.82. The fourth-order valence-corrected chi connectivity index (χ4v) is 5.05. The molecule has 0 spiro atoms. The summed E-state index contributed by atoms with van der Waals surface area (Å²) in [6, 6.07) is 43.0. The van der Waals surface area contributed by atoms with E-state index in [9.17, 15) is 5.11 Å². The zero-order valence-electron chi connectivity index (χ0n) is 23.4. The Kier molecular flexibility index (Phi) is 6.62. The number of fused-ring (bicyclic) bond motifs is 5. The van der Waals surface area contributed by atoms with Gasteiger partial charge in [-0.2, -0.15) is 0 Å². The smallest absolute Gasteiger partial charge is 0.330 e. The number of hydrogen-bond acceptors (Lipinski definition) is 3. The van der Waals surface area contributed by atoms with Crippen LogP contribution in [-0.2, 0) is 4.65 Å². The van der Waals surface area contributed by atoms with E-state index in [4.69, 9.17) is 4.65 Å². The lowest BCUT2D eigenvalue weighted by Gasteiger charge is -2.37. The maximum Gasteiger partial charge on any atom is 0.330 e. The molecule has 0 fully saturated rings. The van der Waals surface area contributed by atoms with E-state index in [1.807, 2.05) is 32.0 Å². The normalized spacial score (nSPS) is 12.2. The predicted molar refractivity (Wildman–Crippen MR) is 170 cm³/mol. The third kappa shape index (κ3) is 4.85. The van der Waals surface area contributed by atoms with Crippen molar-refractivity contribution < 1.29 is 9.76 Å². The van der Waals surface area contributed by atoms with Crippen LogP contribution in [0.4, 0.5) is 17.1 Å². The molecule has 0 aliphatic carbocycles. The Hall–Kier alpha value is -4.12. The van der Waals surface area contributed by atoms with Gasteiger partial charge in [0.25, 0.3) is 0 Å². The monoisotopic (exact) mass is 522 g/mol. The Bertz CT molecular complexity index is 1810. The zero-order chi connectivity index (χ0) is 27.9. The van der Waals surface area contributed by atoms with Gasteiger partial charge in [-0.3, -0.25) is 0 Å². The fraction of sp³-hybridized carbons (Fsp3) is 0.167. The first-order valence-electron chi connectivity index (χ1n) is 13.7. The van der Waals surface area contributed by atoms with Gasteiger partial charge in [0, 0.05) is 17.1 Å². The number of para-hydroxylation sites is 1. The summed E-state index contributed by atoms with van der Waals surface area (Å²) in [5.41, 5.74) is 2.48. The number of nitrogens with zero attached hydrogens (tertiary/aromatic N) is 1. The Morgan fingerprint density at radius 2 is 1.15 bits per heavy atom. The van der Waals surface area contributed by atoms with E-state index in [0.29, 0.717) is 0 Å². The molecule has 0 saturated heterocycles. The first kappa shape index (κ1) is 26.1. The SMILES string of the molecule is CC(C)(O)C(C)(C)O[B]c1ccc(N(c2ccccc2)c2ccc3c(ccc4ccc5ccccc5c43)c2)cc1. The van der Waals surface area contributed by atoms with Gasteiger partial charge in [0.05, 0.1) is 11.2 Å². The van der Waals surface area contributed by atoms with Crippen LogP contribution in [0, 0.1) is 0 Å². The summed E-state index contributed by atoms with van der Waals surface area (Å²) in [7, 11) is 1.72. The molecule has 6 aromatic rings. The molecule has 1 radical (unpaired) electrons. The van der Waals surface area contributed by atoms with E-state index >= 15 is 0 Å². The number of anilines is 3. The Morgan fingerprint density at radius 1 is 0.575 bits per heavy atom. The molecule has 1 N–H and O–H groups in total. The largest absolute Gasteiger partial charge is 0.427 e. The van der Waals surface area contributed by atoms with Gasteiger partial charge in [-0.25, -0.2) is 0 Å². The molecule has 197 valence electrons. The second-order valence-electron chi connectivity index (χ2n) is 11.4. The van der Waals surface area contributed by atoms with Crippen molar-refractivity contribution in [1.29, 1.82) is 0 Å². The molecule has 0 heterocycles. The second kappa shape index (κ2) is 10.1. The molecule has 0 aliphatic heterocycles. The third-order valence-corrected chi connectivity index (χ3v) is 8.10. The lowest BCUT2D eigenvalue weighted by molar-refractivity contribution is -0.0893. The van der Waals surface area contributed by atoms with Gasteiger partial charge in [-0.1, -0.05) is 90.4 Å². The summed E-state index contributed by atoms with van der Waals surface area (Å²) in [5.74, 6) is 0. The molecule has 0 saturated carbocycles. The van der Waals surface area contributed by atoms with Crippen molar-refractivity contribution >= 4 is 62.3 Å². The van der Waals surface area contributed by atoms with Crippen LogP contribution in [0.15, 0.2) is 121 Å². The topological polar surface area (TPSA) is 32.7 Å². The van der Waals surface area contributed by atoms with E-state index in [0.717, 1.165) is 22.5 Å². The quantitative estimate of drug-likeness (QED) is 0.169. The average Bonchev–Trinajstić information content (AvgIpc) is 2.96. The van der Waals surface area contributed by atoms with Crippen LogP contribution in [0.3, 0.4) is 0 Å². The molecule has 3 nitrogen and oxygen atoms in total. The van der Waals surface area contributed by atoms with E-state index in [1.54, 1.807) is 21.3 Å². The van der Waals surface area contributed by atoms with E-state index < -0.39 is 11.2 Å². The lowest BCUT2D eigenvalue weighted by Crippen LogP contribution is -2.49. The van der Waals surface area contributed by atoms with Crippen molar-refractivity contribution in [2.75, 3.05) is 4.90 Å². The van der Waals surface area contributed by atoms with Gasteiger partial charge in [-0.15, -0.1) is 0 Å². The van der Waals surface area contributed by atoms with Crippen molar-refractivity contribution in [1.82, 2.24) is 0 Å². The minimum absolute atomic E-state index is 0.720. The summed E-state index contributed by atoms with van der Waals surface area (Å²) >= 11 is 0. The average molecular weight is 522 g/mol. The van der Waals surface area contributed by atoms with Gasteiger partial charge in [0.2, 0.25) is 0 Å². The minimum atomic E-state index is -0.971. The van der Waals surface area contributed by atoms with Gasteiger partial charge in [0.15, 0.2) is 0 Å². The summed E-state index contributed by atoms with van der Waals surface area (Å²) in [4.78, 5) is 2.28. The standard InChI is InChI=1S/C36H33BNO2/c1-35(2,39)36(3,4)40-37-28-18-20-30(21-19-28)38(29-11-6-5-7-12-29)31-22-23-33-27(24-31)17-16-26-15-14-25-10-8-9-13-32(25)34(26)33/h5-24,39H,1-4H3. The van der Waals surface area contributed by atoms with Crippen LogP contribution in [-0.4, -0.2) is 23.8 Å². The van der Waals surface area contributed by atoms with Crippen LogP contribution in [0.25, 0.3) is 32.3 Å². The van der Waals surface area contributed by atoms with Crippen molar-refractivity contribution in [3.63, 3.8) is 0 Å². The van der Waals surface area contributed by atoms with Gasteiger partial charge < -0.3 is 14.7 Å². The molecule has 0 amide bonds. The molecule has 6 aromatic carbocycles. The van der Waals surface area contributed by atoms with Crippen LogP contribution in [0.2, 0.25) is 0 Å². The van der Waals surface area contributed by atoms with Crippen molar-refractivity contribution in [2.24, 2.45) is 0 Å². The van der Waals surface area contributed by atoms with E-state index in [2.05, 4.69) is 108 Å². The van der Waals surface area contributed by atoms with Crippen molar-refractivity contribution in [3.05, 3.63) is 121 Å². The molecular weight excluding hydrogens is 489 g/mol. The maximum atomic E-state index is 10.4. The first-order valence-corrected chi connectivity index (χ1v) is 13.7. The molecular formula is C36H33BNO2. The fourth-order valence-electron chi connectivity index (χ4n) is 5.05. The van der Waals surface area contributed by atoms with Crippen LogP contribution in [0.5, 0.6) is 0 Å². The highest BCUT2D eigenvalue weighted by molar-refractivity contribution is 6.47. The maximum absolute atomic E-state index is 10.4. The van der Waals surface area contributed by atoms with E-state index in [-0.39, 0.29) is 0 Å². The second-order valence-corrected chi connectivity index (χ2v) is 11.4. The first-order chi connectivity index (χ1) is 19.2. The number of hydrogen-bond donors (Lipinski definition) is 1. The van der Waals surface area contributed by atoms with Gasteiger partial charge in [0.1, 0.15) is 0 Å². The Morgan fingerprint density at radius 3 is 1.88 bits per heavy atom. The number of rotatable bonds is 7. The molecule has 0 aliphatic rings. The van der Waals surface area contributed by atoms with Crippen LogP contribution >= 0.6 is 0 Å². The molecule has 0 aromatic heterocycles. The number of aliphatic hydroxyl groups is 1. The van der Waals surface area contributed by atoms with Crippen molar-refractivity contribution in [2.45, 2.75) is 38.9 Å². The van der Waals surface area contributed by atoms with E-state index in [1.165, 1.54) is 32.3 Å². The molecule has 0 atom stereocenters. The summed E-state index contributed by atoms with van der Waals surface area (Å²) in [6.07, 6.45) is 0. The highest BCUT2D eigenvalue weighted by atomic mass is 16.5. The van der Waals surface area contributed by atoms with Gasteiger partial charge in [-0.05, 0) is 96.4 Å². The van der Waals surface area contributed by atoms with Gasteiger partial charge >= 0.3 is 7.48 Å².